The van der Waals surface area contributed by atoms with Gasteiger partial charge in [-0.15, -0.1) is 0 Å². The van der Waals surface area contributed by atoms with Crippen LogP contribution < -0.4 is 17.2 Å². The van der Waals surface area contributed by atoms with Gasteiger partial charge < -0.3 is 17.2 Å². The van der Waals surface area contributed by atoms with Crippen LogP contribution in [0.3, 0.4) is 0 Å². The third kappa shape index (κ3) is 6.12. The van der Waals surface area contributed by atoms with Gasteiger partial charge in [0.15, 0.2) is 0 Å². The van der Waals surface area contributed by atoms with Crippen molar-refractivity contribution in [3.05, 3.63) is 0 Å². The van der Waals surface area contributed by atoms with E-state index >= 15 is 0 Å². The van der Waals surface area contributed by atoms with Gasteiger partial charge in [-0.25, -0.2) is 0 Å². The van der Waals surface area contributed by atoms with E-state index in [1.807, 2.05) is 6.92 Å². The highest BCUT2D eigenvalue weighted by atomic mass is 16.1. The molecule has 6 N–H and O–H groups in total. The number of rotatable bonds is 6. The quantitative estimate of drug-likeness (QED) is 0.387. The first-order chi connectivity index (χ1) is 5.54. The number of nitrogens with two attached hydrogens (primary N) is 3. The molecule has 4 heteroatoms. The van der Waals surface area contributed by atoms with Gasteiger partial charge in [0, 0.05) is 5.92 Å². The Morgan fingerprint density at radius 3 is 2.17 bits per heavy atom. The first-order valence-electron chi connectivity index (χ1n) is 4.34. The molecule has 1 amide bonds. The van der Waals surface area contributed by atoms with Crippen LogP contribution in [0.2, 0.25) is 0 Å². The van der Waals surface area contributed by atoms with Gasteiger partial charge in [-0.05, 0) is 12.8 Å². The summed E-state index contributed by atoms with van der Waals surface area (Å²) in [5.74, 6) is -0.258. The van der Waals surface area contributed by atoms with Crippen LogP contribution in [0.15, 0.2) is 0 Å². The zero-order valence-electron chi connectivity index (χ0n) is 7.62. The summed E-state index contributed by atoms with van der Waals surface area (Å²) in [7, 11) is 0. The maximum Gasteiger partial charge on any atom is 0.220 e. The average molecular weight is 173 g/mol. The minimum Gasteiger partial charge on any atom is -0.369 e. The summed E-state index contributed by atoms with van der Waals surface area (Å²) < 4.78 is 0. The van der Waals surface area contributed by atoms with Gasteiger partial charge in [0.1, 0.15) is 0 Å². The monoisotopic (exact) mass is 173 g/mol. The molecule has 0 bridgehead atoms. The van der Waals surface area contributed by atoms with Crippen molar-refractivity contribution in [2.75, 3.05) is 0 Å². The van der Waals surface area contributed by atoms with Crippen molar-refractivity contribution >= 4 is 5.91 Å². The molecule has 0 spiro atoms. The van der Waals surface area contributed by atoms with Gasteiger partial charge in [-0.3, -0.25) is 4.79 Å². The fourth-order valence-electron chi connectivity index (χ4n) is 0.973. The average Bonchev–Trinajstić information content (AvgIpc) is 1.97. The van der Waals surface area contributed by atoms with Gasteiger partial charge >= 0.3 is 0 Å². The van der Waals surface area contributed by atoms with E-state index in [4.69, 9.17) is 17.2 Å². The highest BCUT2D eigenvalue weighted by Crippen LogP contribution is 2.08. The molecule has 0 aromatic rings. The lowest BCUT2D eigenvalue weighted by Gasteiger charge is -2.07. The number of hydrogen-bond acceptors (Lipinski definition) is 3. The molecule has 1 atom stereocenters. The van der Waals surface area contributed by atoms with Crippen LogP contribution in [-0.4, -0.2) is 12.1 Å². The maximum atomic E-state index is 10.6. The van der Waals surface area contributed by atoms with Crippen molar-refractivity contribution in [1.82, 2.24) is 0 Å². The van der Waals surface area contributed by atoms with E-state index in [2.05, 4.69) is 0 Å². The summed E-state index contributed by atoms with van der Waals surface area (Å²) in [6, 6.07) is 0. The van der Waals surface area contributed by atoms with Crippen molar-refractivity contribution in [1.29, 1.82) is 0 Å². The Morgan fingerprint density at radius 1 is 1.25 bits per heavy atom. The molecule has 0 radical (unpaired) electrons. The Hall–Kier alpha value is -0.610. The third-order valence-corrected chi connectivity index (χ3v) is 1.91. The minimum atomic E-state index is -0.230. The molecule has 0 heterocycles. The molecule has 0 saturated carbocycles. The second-order valence-electron chi connectivity index (χ2n) is 3.25. The van der Waals surface area contributed by atoms with Crippen molar-refractivity contribution in [3.8, 4) is 0 Å². The van der Waals surface area contributed by atoms with E-state index in [0.717, 1.165) is 25.7 Å². The summed E-state index contributed by atoms with van der Waals surface area (Å²) in [5.41, 5.74) is 15.8. The van der Waals surface area contributed by atoms with Gasteiger partial charge in [0.05, 0.1) is 6.17 Å². The molecule has 4 nitrogen and oxygen atoms in total. The molecular formula is C8H19N3O. The molecule has 0 aromatic heterocycles. The zero-order chi connectivity index (χ0) is 9.56. The van der Waals surface area contributed by atoms with Gasteiger partial charge in [0.2, 0.25) is 5.91 Å². The van der Waals surface area contributed by atoms with Gasteiger partial charge in [-0.1, -0.05) is 19.8 Å². The lowest BCUT2D eigenvalue weighted by molar-refractivity contribution is -0.121. The molecule has 0 aliphatic carbocycles. The summed E-state index contributed by atoms with van der Waals surface area (Å²) in [6.07, 6.45) is 3.35. The molecule has 0 aromatic carbocycles. The van der Waals surface area contributed by atoms with Gasteiger partial charge in [0.25, 0.3) is 0 Å². The van der Waals surface area contributed by atoms with Gasteiger partial charge in [-0.2, -0.15) is 0 Å². The first kappa shape index (κ1) is 11.4. The number of primary amides is 1. The largest absolute Gasteiger partial charge is 0.369 e. The normalized spacial score (nSPS) is 13.3. The Balaban J connectivity index is 3.25. The maximum absolute atomic E-state index is 10.6. The van der Waals surface area contributed by atoms with Crippen LogP contribution in [0.25, 0.3) is 0 Å². The number of amides is 1. The van der Waals surface area contributed by atoms with E-state index in [9.17, 15) is 4.79 Å². The summed E-state index contributed by atoms with van der Waals surface area (Å²) in [4.78, 5) is 10.6. The van der Waals surface area contributed by atoms with E-state index in [1.54, 1.807) is 0 Å². The lowest BCUT2D eigenvalue weighted by Crippen LogP contribution is -2.30. The Morgan fingerprint density at radius 2 is 1.75 bits per heavy atom. The third-order valence-electron chi connectivity index (χ3n) is 1.91. The van der Waals surface area contributed by atoms with Crippen LogP contribution in [-0.2, 0) is 4.79 Å². The number of unbranched alkanes of at least 4 members (excludes halogenated alkanes) is 1. The van der Waals surface area contributed by atoms with E-state index < -0.39 is 0 Å². The number of hydrogen-bond donors (Lipinski definition) is 3. The molecular weight excluding hydrogens is 154 g/mol. The predicted molar refractivity (Wildman–Crippen MR) is 49.0 cm³/mol. The summed E-state index contributed by atoms with van der Waals surface area (Å²) >= 11 is 0. The van der Waals surface area contributed by atoms with Crippen LogP contribution in [0.1, 0.15) is 32.6 Å². The fourth-order valence-corrected chi connectivity index (χ4v) is 0.973. The molecule has 1 unspecified atom stereocenters. The van der Waals surface area contributed by atoms with Crippen molar-refractivity contribution in [2.24, 2.45) is 23.1 Å². The predicted octanol–water partition coefficient (Wildman–Crippen LogP) is -0.0883. The SMILES string of the molecule is CC(CCCCC(N)N)C(N)=O. The molecule has 0 saturated heterocycles. The van der Waals surface area contributed by atoms with Crippen LogP contribution >= 0.6 is 0 Å². The van der Waals surface area contributed by atoms with Crippen LogP contribution in [0.4, 0.5) is 0 Å². The Kier molecular flexibility index (Phi) is 5.66. The van der Waals surface area contributed by atoms with Crippen molar-refractivity contribution < 1.29 is 4.79 Å². The lowest BCUT2D eigenvalue weighted by atomic mass is 10.0. The fraction of sp³-hybridized carbons (Fsp3) is 0.875. The molecule has 0 aliphatic rings. The minimum absolute atomic E-state index is 0.0287. The Bertz CT molecular complexity index is 136. The van der Waals surface area contributed by atoms with Crippen LogP contribution in [0.5, 0.6) is 0 Å². The van der Waals surface area contributed by atoms with Crippen LogP contribution in [0, 0.1) is 5.92 Å². The molecule has 72 valence electrons. The highest BCUT2D eigenvalue weighted by Gasteiger charge is 2.07. The smallest absolute Gasteiger partial charge is 0.220 e. The van der Waals surface area contributed by atoms with E-state index in [-0.39, 0.29) is 18.0 Å². The number of carbonyl (C=O) groups is 1. The topological polar surface area (TPSA) is 95.1 Å². The first-order valence-corrected chi connectivity index (χ1v) is 4.34. The number of carbonyl (C=O) groups excluding carboxylic acids is 1. The standard InChI is InChI=1S/C8H19N3O/c1-6(8(11)12)4-2-3-5-7(9)10/h6-7H,2-5,9-10H2,1H3,(H2,11,12). The Labute approximate surface area is 73.5 Å². The van der Waals surface area contributed by atoms with E-state index in [1.165, 1.54) is 0 Å². The highest BCUT2D eigenvalue weighted by molar-refractivity contribution is 5.76. The summed E-state index contributed by atoms with van der Waals surface area (Å²) in [5, 5.41) is 0. The molecule has 0 aliphatic heterocycles. The second kappa shape index (κ2) is 5.97. The van der Waals surface area contributed by atoms with Crippen molar-refractivity contribution in [3.63, 3.8) is 0 Å². The molecule has 0 fully saturated rings. The summed E-state index contributed by atoms with van der Waals surface area (Å²) in [6.45, 7) is 1.84. The van der Waals surface area contributed by atoms with E-state index in [0.29, 0.717) is 0 Å². The van der Waals surface area contributed by atoms with Crippen molar-refractivity contribution in [2.45, 2.75) is 38.8 Å². The molecule has 12 heavy (non-hydrogen) atoms. The second-order valence-corrected chi connectivity index (χ2v) is 3.25. The molecule has 0 rings (SSSR count). The zero-order valence-corrected chi connectivity index (χ0v) is 7.62.